The number of rotatable bonds is 7. The molecule has 0 heterocycles. The molecule has 8 nitrogen and oxygen atoms in total. The fourth-order valence-corrected chi connectivity index (χ4v) is 4.14. The zero-order chi connectivity index (χ0) is 27.4. The van der Waals surface area contributed by atoms with Crippen LogP contribution in [-0.2, 0) is 16.0 Å². The monoisotopic (exact) mass is 520 g/mol. The van der Waals surface area contributed by atoms with Crippen molar-refractivity contribution in [2.45, 2.75) is 56.3 Å². The summed E-state index contributed by atoms with van der Waals surface area (Å²) in [6.07, 6.45) is -1.49. The Morgan fingerprint density at radius 2 is 1.70 bits per heavy atom. The zero-order valence-corrected chi connectivity index (χ0v) is 19.5. The number of nitrogens with zero attached hydrogens (tertiary/aromatic N) is 1. The summed E-state index contributed by atoms with van der Waals surface area (Å²) in [6.45, 7) is 0. The van der Waals surface area contributed by atoms with Crippen molar-refractivity contribution in [2.75, 3.05) is 0 Å². The van der Waals surface area contributed by atoms with Crippen LogP contribution in [0.2, 0.25) is 0 Å². The lowest BCUT2D eigenvalue weighted by Gasteiger charge is -2.32. The van der Waals surface area contributed by atoms with Crippen LogP contribution in [0.4, 0.5) is 17.6 Å². The Labute approximate surface area is 209 Å². The summed E-state index contributed by atoms with van der Waals surface area (Å²) in [6, 6.07) is 9.06. The minimum atomic E-state index is -5.38. The second-order valence-corrected chi connectivity index (χ2v) is 8.86. The Hall–Kier alpha value is -3.98. The van der Waals surface area contributed by atoms with Crippen LogP contribution in [0.3, 0.4) is 0 Å². The number of alkyl halides is 3. The van der Waals surface area contributed by atoms with Gasteiger partial charge in [-0.1, -0.05) is 43.5 Å². The molecule has 2 amide bonds. The van der Waals surface area contributed by atoms with Crippen LogP contribution in [-0.4, -0.2) is 35.5 Å². The van der Waals surface area contributed by atoms with Crippen LogP contribution in [0.1, 0.15) is 48.0 Å². The van der Waals surface area contributed by atoms with Gasteiger partial charge in [0.05, 0.1) is 11.6 Å². The first kappa shape index (κ1) is 27.6. The fraction of sp³-hybridized carbons (Fsp3) is 0.360. The molecular formula is C25H24F4N4O4. The summed E-state index contributed by atoms with van der Waals surface area (Å²) < 4.78 is 56.7. The van der Waals surface area contributed by atoms with Crippen molar-refractivity contribution in [3.8, 4) is 22.9 Å². The number of ether oxygens (including phenoxy) is 1. The first-order valence-corrected chi connectivity index (χ1v) is 11.3. The van der Waals surface area contributed by atoms with Crippen molar-refractivity contribution in [1.29, 1.82) is 5.26 Å². The van der Waals surface area contributed by atoms with Gasteiger partial charge in [-0.15, -0.1) is 0 Å². The van der Waals surface area contributed by atoms with Crippen LogP contribution in [0, 0.1) is 17.1 Å². The molecular weight excluding hydrogens is 496 g/mol. The van der Waals surface area contributed by atoms with Gasteiger partial charge >= 0.3 is 12.1 Å². The number of hydrogen-bond acceptors (Lipinski definition) is 6. The van der Waals surface area contributed by atoms with Gasteiger partial charge in [0.15, 0.2) is 0 Å². The van der Waals surface area contributed by atoms with Gasteiger partial charge in [-0.3, -0.25) is 9.59 Å². The molecule has 2 aromatic rings. The number of esters is 1. The Kier molecular flexibility index (Phi) is 8.18. The van der Waals surface area contributed by atoms with Gasteiger partial charge in [-0.05, 0) is 41.7 Å². The second-order valence-electron chi connectivity index (χ2n) is 8.86. The molecule has 0 bridgehead atoms. The number of benzene rings is 2. The zero-order valence-electron chi connectivity index (χ0n) is 19.5. The lowest BCUT2D eigenvalue weighted by molar-refractivity contribution is -0.189. The largest absolute Gasteiger partial charge is 0.491 e. The first-order valence-electron chi connectivity index (χ1n) is 11.3. The van der Waals surface area contributed by atoms with Crippen LogP contribution in [0.25, 0.3) is 11.1 Å². The van der Waals surface area contributed by atoms with Crippen molar-refractivity contribution < 1.29 is 36.7 Å². The van der Waals surface area contributed by atoms with Gasteiger partial charge in [-0.25, -0.2) is 9.18 Å². The molecule has 0 spiro atoms. The molecule has 1 aliphatic rings. The molecule has 1 atom stereocenters. The quantitative estimate of drug-likeness (QED) is 0.290. The maximum atomic E-state index is 14.5. The number of nitriles is 1. The standard InChI is InChI=1S/C25H24F4N4O4/c26-18-11-16(12-19(20(18)21(31)34)37-23(36)25(27,28)29)15-6-4-14(5-7-15)10-17(13-30)33-22(35)24(32)8-2-1-3-9-24/h4-7,11-12,17H,1-3,8-10,32H2,(H2,31,34)(H,33,35). The summed E-state index contributed by atoms with van der Waals surface area (Å²) >= 11 is 0. The predicted octanol–water partition coefficient (Wildman–Crippen LogP) is 3.27. The van der Waals surface area contributed by atoms with E-state index in [9.17, 15) is 37.2 Å². The highest BCUT2D eigenvalue weighted by atomic mass is 19.4. The van der Waals surface area contributed by atoms with Crippen molar-refractivity contribution >= 4 is 17.8 Å². The summed E-state index contributed by atoms with van der Waals surface area (Å²) in [4.78, 5) is 35.4. The van der Waals surface area contributed by atoms with E-state index in [-0.39, 0.29) is 17.9 Å². The van der Waals surface area contributed by atoms with Crippen LogP contribution < -0.4 is 21.5 Å². The number of carbonyl (C=O) groups excluding carboxylic acids is 3. The lowest BCUT2D eigenvalue weighted by Crippen LogP contribution is -2.57. The molecule has 0 radical (unpaired) electrons. The molecule has 196 valence electrons. The number of amides is 2. The van der Waals surface area contributed by atoms with E-state index >= 15 is 0 Å². The van der Waals surface area contributed by atoms with E-state index in [0.717, 1.165) is 31.4 Å². The number of nitrogens with two attached hydrogens (primary N) is 2. The van der Waals surface area contributed by atoms with Crippen LogP contribution in [0.5, 0.6) is 5.75 Å². The minimum Gasteiger partial charge on any atom is -0.419 e. The van der Waals surface area contributed by atoms with Crippen molar-refractivity contribution in [3.05, 3.63) is 53.3 Å². The summed E-state index contributed by atoms with van der Waals surface area (Å²) in [7, 11) is 0. The van der Waals surface area contributed by atoms with Gasteiger partial charge in [-0.2, -0.15) is 18.4 Å². The fourth-order valence-electron chi connectivity index (χ4n) is 4.14. The van der Waals surface area contributed by atoms with E-state index in [2.05, 4.69) is 10.1 Å². The van der Waals surface area contributed by atoms with Crippen molar-refractivity contribution in [2.24, 2.45) is 11.5 Å². The highest BCUT2D eigenvalue weighted by molar-refractivity contribution is 5.98. The highest BCUT2D eigenvalue weighted by Crippen LogP contribution is 2.32. The van der Waals surface area contributed by atoms with Crippen molar-refractivity contribution in [1.82, 2.24) is 5.32 Å². The van der Waals surface area contributed by atoms with Gasteiger partial charge in [0.2, 0.25) is 5.91 Å². The predicted molar refractivity (Wildman–Crippen MR) is 123 cm³/mol. The summed E-state index contributed by atoms with van der Waals surface area (Å²) in [5.41, 5.74) is 10.2. The van der Waals surface area contributed by atoms with E-state index in [1.807, 2.05) is 6.07 Å². The number of primary amides is 1. The Morgan fingerprint density at radius 1 is 1.08 bits per heavy atom. The van der Waals surface area contributed by atoms with Gasteiger partial charge < -0.3 is 21.5 Å². The maximum absolute atomic E-state index is 14.5. The second kappa shape index (κ2) is 11.0. The van der Waals surface area contributed by atoms with Crippen LogP contribution >= 0.6 is 0 Å². The summed E-state index contributed by atoms with van der Waals surface area (Å²) in [5, 5.41) is 12.2. The third kappa shape index (κ3) is 6.62. The lowest BCUT2D eigenvalue weighted by atomic mass is 9.81. The molecule has 12 heteroatoms. The number of carbonyl (C=O) groups is 3. The molecule has 0 aliphatic heterocycles. The van der Waals surface area contributed by atoms with E-state index in [1.165, 1.54) is 12.1 Å². The SMILES string of the molecule is N#CC(Cc1ccc(-c2cc(F)c(C(N)=O)c(OC(=O)C(F)(F)F)c2)cc1)NC(=O)C1(N)CCCCC1. The summed E-state index contributed by atoms with van der Waals surface area (Å²) in [5.74, 6) is -6.69. The first-order chi connectivity index (χ1) is 17.3. The van der Waals surface area contributed by atoms with E-state index in [0.29, 0.717) is 24.0 Å². The average Bonchev–Trinajstić information content (AvgIpc) is 2.83. The maximum Gasteiger partial charge on any atom is 0.491 e. The third-order valence-corrected chi connectivity index (χ3v) is 6.12. The third-order valence-electron chi connectivity index (χ3n) is 6.12. The number of halogens is 4. The van der Waals surface area contributed by atoms with Crippen molar-refractivity contribution in [3.63, 3.8) is 0 Å². The van der Waals surface area contributed by atoms with E-state index in [4.69, 9.17) is 11.5 Å². The minimum absolute atomic E-state index is 0.00605. The van der Waals surface area contributed by atoms with E-state index < -0.39 is 46.8 Å². The topological polar surface area (TPSA) is 148 Å². The normalized spacial score (nSPS) is 15.8. The van der Waals surface area contributed by atoms with E-state index in [1.54, 1.807) is 12.1 Å². The van der Waals surface area contributed by atoms with Crippen LogP contribution in [0.15, 0.2) is 36.4 Å². The van der Waals surface area contributed by atoms with Gasteiger partial charge in [0.1, 0.15) is 23.2 Å². The molecule has 5 N–H and O–H groups in total. The molecule has 2 aromatic carbocycles. The molecule has 37 heavy (non-hydrogen) atoms. The highest BCUT2D eigenvalue weighted by Gasteiger charge is 2.42. The smallest absolute Gasteiger partial charge is 0.419 e. The number of nitrogens with one attached hydrogen (secondary N) is 1. The Balaban J connectivity index is 1.79. The molecule has 0 aromatic heterocycles. The molecule has 1 aliphatic carbocycles. The molecule has 1 unspecified atom stereocenters. The van der Waals surface area contributed by atoms with Gasteiger partial charge in [0.25, 0.3) is 5.91 Å². The molecule has 3 rings (SSSR count). The molecule has 1 fully saturated rings. The van der Waals surface area contributed by atoms with Gasteiger partial charge in [0, 0.05) is 6.42 Å². The average molecular weight is 520 g/mol. The Bertz CT molecular complexity index is 1230. The number of hydrogen-bond donors (Lipinski definition) is 3. The molecule has 0 saturated heterocycles. The molecule has 1 saturated carbocycles. The Morgan fingerprint density at radius 3 is 2.24 bits per heavy atom.